The minimum absolute atomic E-state index is 0.0436. The Morgan fingerprint density at radius 2 is 1.93 bits per heavy atom. The van der Waals surface area contributed by atoms with E-state index in [0.29, 0.717) is 0 Å². The van der Waals surface area contributed by atoms with Crippen molar-refractivity contribution < 1.29 is 0 Å². The van der Waals surface area contributed by atoms with E-state index < -0.39 is 0 Å². The summed E-state index contributed by atoms with van der Waals surface area (Å²) in [5.74, 6) is 0. The van der Waals surface area contributed by atoms with Crippen molar-refractivity contribution in [3.05, 3.63) is 24.3 Å². The van der Waals surface area contributed by atoms with E-state index in [2.05, 4.69) is 31.1 Å². The molecule has 3 nitrogen and oxygen atoms in total. The summed E-state index contributed by atoms with van der Waals surface area (Å²) in [5.41, 5.74) is 1.63. The molecule has 0 saturated heterocycles. The van der Waals surface area contributed by atoms with Gasteiger partial charge in [-0.1, -0.05) is 49.7 Å². The third-order valence-corrected chi connectivity index (χ3v) is 3.15. The van der Waals surface area contributed by atoms with Crippen LogP contribution in [0.2, 0.25) is 0 Å². The Morgan fingerprint density at radius 3 is 2.60 bits per heavy atom. The predicted octanol–water partition coefficient (Wildman–Crippen LogP) is 3.21. The average molecular weight is 224 g/mol. The second kappa shape index (κ2) is 3.49. The van der Waals surface area contributed by atoms with Crippen molar-refractivity contribution in [1.29, 1.82) is 0 Å². The molecule has 0 aliphatic carbocycles. The smallest absolute Gasteiger partial charge is 0.132 e. The molecule has 0 N–H and O–H groups in total. The van der Waals surface area contributed by atoms with Crippen LogP contribution in [0.3, 0.4) is 0 Å². The Kier molecular flexibility index (Phi) is 2.43. The minimum atomic E-state index is -0.190. The molecule has 4 heteroatoms. The van der Waals surface area contributed by atoms with E-state index in [9.17, 15) is 0 Å². The molecule has 0 aliphatic heterocycles. The lowest BCUT2D eigenvalue weighted by Gasteiger charge is -2.25. The van der Waals surface area contributed by atoms with E-state index in [1.54, 1.807) is 4.68 Å². The molecule has 1 aromatic heterocycles. The van der Waals surface area contributed by atoms with Gasteiger partial charge in [0.1, 0.15) is 11.0 Å². The van der Waals surface area contributed by atoms with Gasteiger partial charge in [0, 0.05) is 0 Å². The number of para-hydroxylation sites is 1. The number of aromatic nitrogens is 3. The zero-order valence-corrected chi connectivity index (χ0v) is 9.86. The molecule has 0 radical (unpaired) electrons. The van der Waals surface area contributed by atoms with E-state index in [-0.39, 0.29) is 10.9 Å². The molecule has 80 valence electrons. The van der Waals surface area contributed by atoms with Crippen LogP contribution in [0.5, 0.6) is 0 Å². The van der Waals surface area contributed by atoms with Crippen LogP contribution in [-0.2, 0) is 0 Å². The fraction of sp³-hybridized carbons (Fsp3) is 0.455. The van der Waals surface area contributed by atoms with Crippen molar-refractivity contribution >= 4 is 22.6 Å². The number of rotatable bonds is 1. The van der Waals surface area contributed by atoms with E-state index in [1.807, 2.05) is 24.3 Å². The first kappa shape index (κ1) is 10.4. The quantitative estimate of drug-likeness (QED) is 0.695. The van der Waals surface area contributed by atoms with Gasteiger partial charge in [-0.3, -0.25) is 0 Å². The maximum absolute atomic E-state index is 6.36. The van der Waals surface area contributed by atoms with Crippen molar-refractivity contribution in [3.8, 4) is 0 Å². The number of benzene rings is 1. The van der Waals surface area contributed by atoms with Crippen LogP contribution in [0.1, 0.15) is 26.3 Å². The van der Waals surface area contributed by atoms with Crippen LogP contribution < -0.4 is 0 Å². The summed E-state index contributed by atoms with van der Waals surface area (Å²) in [6, 6.07) is 7.83. The molecule has 1 atom stereocenters. The van der Waals surface area contributed by atoms with Crippen molar-refractivity contribution in [3.63, 3.8) is 0 Å². The number of halogens is 1. The molecule has 1 aromatic carbocycles. The van der Waals surface area contributed by atoms with Crippen LogP contribution in [0.25, 0.3) is 11.0 Å². The van der Waals surface area contributed by atoms with E-state index in [0.717, 1.165) is 11.0 Å². The van der Waals surface area contributed by atoms with Crippen LogP contribution in [0, 0.1) is 5.41 Å². The highest BCUT2D eigenvalue weighted by Crippen LogP contribution is 2.34. The van der Waals surface area contributed by atoms with Gasteiger partial charge in [-0.25, -0.2) is 4.68 Å². The Labute approximate surface area is 94.0 Å². The lowest BCUT2D eigenvalue weighted by molar-refractivity contribution is 0.309. The maximum atomic E-state index is 6.36. The normalized spacial score (nSPS) is 14.4. The molecule has 1 heterocycles. The number of fused-ring (bicyclic) bond motifs is 1. The molecule has 2 aromatic rings. The zero-order chi connectivity index (χ0) is 11.1. The van der Waals surface area contributed by atoms with Gasteiger partial charge in [-0.15, -0.1) is 5.10 Å². The van der Waals surface area contributed by atoms with Crippen molar-refractivity contribution in [2.45, 2.75) is 26.3 Å². The van der Waals surface area contributed by atoms with E-state index in [1.165, 1.54) is 0 Å². The molecule has 0 saturated carbocycles. The van der Waals surface area contributed by atoms with Crippen LogP contribution in [0.4, 0.5) is 0 Å². The lowest BCUT2D eigenvalue weighted by Crippen LogP contribution is -2.20. The standard InChI is InChI=1S/C11H14ClN3/c1-11(2,3)10(12)15-9-7-5-4-6-8(9)13-14-15/h4-7,10H,1-3H3/t10-/m0/s1. The Balaban J connectivity index is 2.53. The summed E-state index contributed by atoms with van der Waals surface area (Å²) in [7, 11) is 0. The highest BCUT2D eigenvalue weighted by atomic mass is 35.5. The minimum Gasteiger partial charge on any atom is -0.226 e. The average Bonchev–Trinajstić information content (AvgIpc) is 2.58. The highest BCUT2D eigenvalue weighted by Gasteiger charge is 2.26. The van der Waals surface area contributed by atoms with Gasteiger partial charge in [0.15, 0.2) is 0 Å². The van der Waals surface area contributed by atoms with Gasteiger partial charge in [-0.05, 0) is 17.5 Å². The molecule has 15 heavy (non-hydrogen) atoms. The van der Waals surface area contributed by atoms with Gasteiger partial charge in [0.2, 0.25) is 0 Å². The number of hydrogen-bond donors (Lipinski definition) is 0. The fourth-order valence-corrected chi connectivity index (χ4v) is 1.57. The monoisotopic (exact) mass is 223 g/mol. The highest BCUT2D eigenvalue weighted by molar-refractivity contribution is 6.19. The largest absolute Gasteiger partial charge is 0.226 e. The summed E-state index contributed by atoms with van der Waals surface area (Å²) in [5, 5.41) is 8.18. The topological polar surface area (TPSA) is 30.7 Å². The van der Waals surface area contributed by atoms with Crippen molar-refractivity contribution in [2.24, 2.45) is 5.41 Å². The van der Waals surface area contributed by atoms with Gasteiger partial charge < -0.3 is 0 Å². The SMILES string of the molecule is CC(C)(C)[C@@H](Cl)n1nnc2ccccc21. The molecule has 0 aliphatic rings. The first-order chi connectivity index (χ1) is 7.00. The number of alkyl halides is 1. The van der Waals surface area contributed by atoms with E-state index in [4.69, 9.17) is 11.6 Å². The van der Waals surface area contributed by atoms with E-state index >= 15 is 0 Å². The molecule has 2 rings (SSSR count). The summed E-state index contributed by atoms with van der Waals surface area (Å²) in [6.45, 7) is 6.25. The lowest BCUT2D eigenvalue weighted by atomic mass is 9.96. The number of hydrogen-bond acceptors (Lipinski definition) is 2. The first-order valence-electron chi connectivity index (χ1n) is 4.94. The summed E-state index contributed by atoms with van der Waals surface area (Å²) in [4.78, 5) is 0. The van der Waals surface area contributed by atoms with Gasteiger partial charge in [-0.2, -0.15) is 0 Å². The number of nitrogens with zero attached hydrogens (tertiary/aromatic N) is 3. The van der Waals surface area contributed by atoms with Gasteiger partial charge >= 0.3 is 0 Å². The maximum Gasteiger partial charge on any atom is 0.132 e. The zero-order valence-electron chi connectivity index (χ0n) is 9.11. The van der Waals surface area contributed by atoms with Gasteiger partial charge in [0.25, 0.3) is 0 Å². The third-order valence-electron chi connectivity index (χ3n) is 2.31. The van der Waals surface area contributed by atoms with Gasteiger partial charge in [0.05, 0.1) is 5.52 Å². The summed E-state index contributed by atoms with van der Waals surface area (Å²) >= 11 is 6.36. The summed E-state index contributed by atoms with van der Waals surface area (Å²) < 4.78 is 1.77. The fourth-order valence-electron chi connectivity index (χ4n) is 1.42. The predicted molar refractivity (Wildman–Crippen MR) is 61.9 cm³/mol. The Morgan fingerprint density at radius 1 is 1.27 bits per heavy atom. The Hall–Kier alpha value is -1.09. The molecule has 0 fully saturated rings. The van der Waals surface area contributed by atoms with Crippen LogP contribution >= 0.6 is 11.6 Å². The van der Waals surface area contributed by atoms with Crippen LogP contribution in [-0.4, -0.2) is 15.0 Å². The summed E-state index contributed by atoms with van der Waals surface area (Å²) in [6.07, 6.45) is 0. The van der Waals surface area contributed by atoms with Crippen LogP contribution in [0.15, 0.2) is 24.3 Å². The molecule has 0 bridgehead atoms. The molecule has 0 amide bonds. The molecule has 0 unspecified atom stereocenters. The Bertz CT molecular complexity index is 470. The van der Waals surface area contributed by atoms with Crippen molar-refractivity contribution in [1.82, 2.24) is 15.0 Å². The van der Waals surface area contributed by atoms with Crippen molar-refractivity contribution in [2.75, 3.05) is 0 Å². The molecular weight excluding hydrogens is 210 g/mol. The second-order valence-electron chi connectivity index (χ2n) is 4.72. The third kappa shape index (κ3) is 1.84. The molecular formula is C11H14ClN3. The second-order valence-corrected chi connectivity index (χ2v) is 5.14. The first-order valence-corrected chi connectivity index (χ1v) is 5.38. The molecule has 0 spiro atoms.